The van der Waals surface area contributed by atoms with Crippen LogP contribution in [-0.2, 0) is 14.8 Å². The van der Waals surface area contributed by atoms with E-state index in [4.69, 9.17) is 0 Å². The summed E-state index contributed by atoms with van der Waals surface area (Å²) in [7, 11) is -3.47. The Bertz CT molecular complexity index is 957. The first-order chi connectivity index (χ1) is 14.5. The number of carbonyl (C=O) groups is 1. The van der Waals surface area contributed by atoms with Gasteiger partial charge in [-0.05, 0) is 37.3 Å². The highest BCUT2D eigenvalue weighted by Gasteiger charge is 2.33. The third kappa shape index (κ3) is 4.82. The summed E-state index contributed by atoms with van der Waals surface area (Å²) in [4.78, 5) is 19.0. The smallest absolute Gasteiger partial charge is 0.236 e. The lowest BCUT2D eigenvalue weighted by Gasteiger charge is -2.37. The number of nitrogens with zero attached hydrogens (tertiary/aromatic N) is 4. The minimum absolute atomic E-state index is 0.0839. The highest BCUT2D eigenvalue weighted by atomic mass is 32.2. The zero-order chi connectivity index (χ0) is 21.0. The summed E-state index contributed by atoms with van der Waals surface area (Å²) in [5.41, 5.74) is 0.852. The van der Waals surface area contributed by atoms with E-state index in [1.54, 1.807) is 12.3 Å². The highest BCUT2D eigenvalue weighted by Crippen LogP contribution is 2.27. The third-order valence-corrected chi connectivity index (χ3v) is 7.68. The summed E-state index contributed by atoms with van der Waals surface area (Å²) in [6.45, 7) is 2.28. The molecule has 1 aromatic carbocycles. The fourth-order valence-electron chi connectivity index (χ4n) is 4.30. The summed E-state index contributed by atoms with van der Waals surface area (Å²) in [6.07, 6.45) is 10.2. The second-order valence-electron chi connectivity index (χ2n) is 8.00. The van der Waals surface area contributed by atoms with Crippen molar-refractivity contribution in [2.45, 2.75) is 31.7 Å². The van der Waals surface area contributed by atoms with Crippen molar-refractivity contribution in [3.8, 4) is 0 Å². The SMILES string of the molecule is O=C(C1CCN(S(=O)(=O)/C=C/c2ccccc2)CC1)N1CCC(n2ccnc2)CC1. The van der Waals surface area contributed by atoms with Gasteiger partial charge >= 0.3 is 0 Å². The number of rotatable bonds is 5. The first-order valence-corrected chi connectivity index (χ1v) is 12.0. The number of hydrogen-bond acceptors (Lipinski definition) is 4. The molecule has 0 N–H and O–H groups in total. The van der Waals surface area contributed by atoms with Crippen LogP contribution >= 0.6 is 0 Å². The van der Waals surface area contributed by atoms with Gasteiger partial charge in [-0.15, -0.1) is 0 Å². The number of imidazole rings is 1. The van der Waals surface area contributed by atoms with E-state index in [0.717, 1.165) is 31.5 Å². The van der Waals surface area contributed by atoms with Gasteiger partial charge < -0.3 is 9.47 Å². The highest BCUT2D eigenvalue weighted by molar-refractivity contribution is 7.92. The first kappa shape index (κ1) is 20.8. The van der Waals surface area contributed by atoms with Crippen LogP contribution in [-0.4, -0.2) is 59.3 Å². The van der Waals surface area contributed by atoms with Gasteiger partial charge in [0.25, 0.3) is 0 Å². The van der Waals surface area contributed by atoms with Crippen molar-refractivity contribution in [1.82, 2.24) is 18.8 Å². The van der Waals surface area contributed by atoms with Crippen molar-refractivity contribution in [3.05, 3.63) is 60.0 Å². The van der Waals surface area contributed by atoms with Gasteiger partial charge in [0.2, 0.25) is 15.9 Å². The summed E-state index contributed by atoms with van der Waals surface area (Å²) < 4.78 is 28.9. The molecule has 0 spiro atoms. The van der Waals surface area contributed by atoms with Gasteiger partial charge in [0, 0.05) is 55.9 Å². The van der Waals surface area contributed by atoms with Crippen LogP contribution in [0, 0.1) is 5.92 Å². The molecule has 4 rings (SSSR count). The molecule has 8 heteroatoms. The minimum atomic E-state index is -3.47. The number of piperidine rings is 2. The predicted molar refractivity (Wildman–Crippen MR) is 116 cm³/mol. The van der Waals surface area contributed by atoms with Crippen molar-refractivity contribution in [2.24, 2.45) is 5.92 Å². The standard InChI is InChI=1S/C22H28N4O3S/c27-22(24-12-8-21(9-13-24)25-16-11-23-18-25)20-6-14-26(15-7-20)30(28,29)17-10-19-4-2-1-3-5-19/h1-5,10-11,16-18,20-21H,6-9,12-15H2/b17-10+. The molecular formula is C22H28N4O3S. The zero-order valence-corrected chi connectivity index (χ0v) is 17.8. The Hall–Kier alpha value is -2.45. The van der Waals surface area contributed by atoms with Gasteiger partial charge in [-0.25, -0.2) is 13.4 Å². The third-order valence-electron chi connectivity index (χ3n) is 6.12. The molecule has 160 valence electrons. The molecule has 0 saturated carbocycles. The van der Waals surface area contributed by atoms with Crippen LogP contribution in [0.3, 0.4) is 0 Å². The van der Waals surface area contributed by atoms with E-state index in [1.807, 2.05) is 47.8 Å². The average Bonchev–Trinajstić information content (AvgIpc) is 3.33. The molecule has 1 aromatic heterocycles. The van der Waals surface area contributed by atoms with Crippen molar-refractivity contribution in [2.75, 3.05) is 26.2 Å². The Kier molecular flexibility index (Phi) is 6.34. The number of amides is 1. The molecule has 30 heavy (non-hydrogen) atoms. The second-order valence-corrected chi connectivity index (χ2v) is 9.82. The molecule has 2 saturated heterocycles. The molecule has 2 aromatic rings. The fourth-order valence-corrected chi connectivity index (χ4v) is 5.52. The normalized spacial score (nSPS) is 20.1. The number of hydrogen-bond donors (Lipinski definition) is 0. The van der Waals surface area contributed by atoms with Gasteiger partial charge in [0.1, 0.15) is 0 Å². The zero-order valence-electron chi connectivity index (χ0n) is 17.0. The number of sulfonamides is 1. The lowest BCUT2D eigenvalue weighted by Crippen LogP contribution is -2.46. The number of benzene rings is 1. The van der Waals surface area contributed by atoms with Gasteiger partial charge in [-0.1, -0.05) is 30.3 Å². The summed E-state index contributed by atoms with van der Waals surface area (Å²) in [5, 5.41) is 1.27. The molecule has 0 aliphatic carbocycles. The maximum atomic E-state index is 12.9. The Morgan fingerprint density at radius 1 is 1.00 bits per heavy atom. The molecule has 2 aliphatic heterocycles. The predicted octanol–water partition coefficient (Wildman–Crippen LogP) is 2.76. The largest absolute Gasteiger partial charge is 0.342 e. The Balaban J connectivity index is 1.28. The van der Waals surface area contributed by atoms with E-state index in [2.05, 4.69) is 9.55 Å². The number of carbonyl (C=O) groups excluding carboxylic acids is 1. The monoisotopic (exact) mass is 428 g/mol. The average molecular weight is 429 g/mol. The van der Waals surface area contributed by atoms with Crippen LogP contribution in [0.1, 0.15) is 37.3 Å². The summed E-state index contributed by atoms with van der Waals surface area (Å²) in [5.74, 6) is 0.0929. The van der Waals surface area contributed by atoms with E-state index < -0.39 is 10.0 Å². The van der Waals surface area contributed by atoms with Crippen LogP contribution < -0.4 is 0 Å². The maximum absolute atomic E-state index is 12.9. The molecular weight excluding hydrogens is 400 g/mol. The van der Waals surface area contributed by atoms with Crippen molar-refractivity contribution >= 4 is 22.0 Å². The Morgan fingerprint density at radius 3 is 2.33 bits per heavy atom. The Morgan fingerprint density at radius 2 is 1.70 bits per heavy atom. The topological polar surface area (TPSA) is 75.5 Å². The molecule has 0 bridgehead atoms. The lowest BCUT2D eigenvalue weighted by atomic mass is 9.95. The molecule has 2 fully saturated rings. The van der Waals surface area contributed by atoms with E-state index >= 15 is 0 Å². The van der Waals surface area contributed by atoms with Crippen LogP contribution in [0.15, 0.2) is 54.5 Å². The summed E-state index contributed by atoms with van der Waals surface area (Å²) >= 11 is 0. The van der Waals surface area contributed by atoms with Gasteiger partial charge in [-0.3, -0.25) is 4.79 Å². The van der Waals surface area contributed by atoms with Gasteiger partial charge in [-0.2, -0.15) is 4.31 Å². The molecule has 0 atom stereocenters. The van der Waals surface area contributed by atoms with E-state index in [1.165, 1.54) is 9.71 Å². The van der Waals surface area contributed by atoms with Crippen molar-refractivity contribution in [3.63, 3.8) is 0 Å². The molecule has 0 radical (unpaired) electrons. The van der Waals surface area contributed by atoms with Gasteiger partial charge in [0.05, 0.1) is 6.33 Å². The minimum Gasteiger partial charge on any atom is -0.342 e. The second kappa shape index (κ2) is 9.14. The van der Waals surface area contributed by atoms with E-state index in [0.29, 0.717) is 32.0 Å². The fraction of sp³-hybridized carbons (Fsp3) is 0.455. The van der Waals surface area contributed by atoms with Crippen LogP contribution in [0.25, 0.3) is 6.08 Å². The lowest BCUT2D eigenvalue weighted by molar-refractivity contribution is -0.138. The molecule has 3 heterocycles. The van der Waals surface area contributed by atoms with E-state index in [-0.39, 0.29) is 11.8 Å². The van der Waals surface area contributed by atoms with Crippen molar-refractivity contribution in [1.29, 1.82) is 0 Å². The molecule has 0 unspecified atom stereocenters. The molecule has 2 aliphatic rings. The molecule has 7 nitrogen and oxygen atoms in total. The van der Waals surface area contributed by atoms with Crippen LogP contribution in [0.2, 0.25) is 0 Å². The molecule has 1 amide bonds. The summed E-state index contributed by atoms with van der Waals surface area (Å²) in [6, 6.07) is 9.79. The first-order valence-electron chi connectivity index (χ1n) is 10.5. The van der Waals surface area contributed by atoms with Crippen molar-refractivity contribution < 1.29 is 13.2 Å². The Labute approximate surface area is 178 Å². The van der Waals surface area contributed by atoms with Crippen LogP contribution in [0.5, 0.6) is 0 Å². The maximum Gasteiger partial charge on any atom is 0.236 e. The number of likely N-dealkylation sites (tertiary alicyclic amines) is 1. The van der Waals surface area contributed by atoms with E-state index in [9.17, 15) is 13.2 Å². The van der Waals surface area contributed by atoms with Gasteiger partial charge in [0.15, 0.2) is 0 Å². The van der Waals surface area contributed by atoms with Crippen LogP contribution in [0.4, 0.5) is 0 Å². The quantitative estimate of drug-likeness (QED) is 0.734. The number of aromatic nitrogens is 2.